The molecule has 3 aromatic carbocycles. The highest BCUT2D eigenvalue weighted by Crippen LogP contribution is 2.48. The molecule has 4 nitrogen and oxygen atoms in total. The minimum Gasteiger partial charge on any atom is -0.481 e. The normalized spacial score (nSPS) is 19.8. The Balaban J connectivity index is 1.72. The molecule has 0 saturated heterocycles. The zero-order valence-corrected chi connectivity index (χ0v) is 22.1. The number of thioether (sulfide) groups is 2. The number of carboxylic acid groups (broad SMARTS) is 1. The van der Waals surface area contributed by atoms with Crippen LogP contribution in [0.3, 0.4) is 0 Å². The van der Waals surface area contributed by atoms with Crippen LogP contribution in [0.5, 0.6) is 0 Å². The molecule has 2 aliphatic rings. The van der Waals surface area contributed by atoms with E-state index in [0.29, 0.717) is 21.8 Å². The van der Waals surface area contributed by atoms with Crippen LogP contribution in [-0.2, 0) is 10.2 Å². The van der Waals surface area contributed by atoms with Gasteiger partial charge in [-0.25, -0.2) is 0 Å². The molecule has 0 unspecified atom stereocenters. The molecule has 0 bridgehead atoms. The summed E-state index contributed by atoms with van der Waals surface area (Å²) in [4.78, 5) is 30.6. The molecule has 35 heavy (non-hydrogen) atoms. The summed E-state index contributed by atoms with van der Waals surface area (Å²) in [7, 11) is 0. The van der Waals surface area contributed by atoms with Gasteiger partial charge in [0.1, 0.15) is 5.92 Å². The summed E-state index contributed by atoms with van der Waals surface area (Å²) in [5, 5.41) is 11.0. The Hall–Kier alpha value is -2.41. The first-order valence-electron chi connectivity index (χ1n) is 11.5. The van der Waals surface area contributed by atoms with Gasteiger partial charge in [-0.1, -0.05) is 62.7 Å². The fraction of sp³-hybridized carbons (Fsp3) is 0.286. The molecule has 7 heteroatoms. The van der Waals surface area contributed by atoms with E-state index in [2.05, 4.69) is 32.9 Å². The molecule has 1 amide bonds. The molecule has 5 rings (SSSR count). The summed E-state index contributed by atoms with van der Waals surface area (Å²) in [6, 6.07) is 18.0. The number of benzene rings is 3. The summed E-state index contributed by atoms with van der Waals surface area (Å²) in [5.41, 5.74) is 3.17. The molecule has 0 fully saturated rings. The standard InChI is InChI=1S/C28H26ClNO3S2/c1-28(2,3)20-10-9-17(15-21(20)29)30-25(16-8-11-22-23(14-16)35-13-12-34-22)24(27(32)33)18-6-4-5-7-19(18)26(30)31/h4-11,14-15,24-25H,12-13H2,1-3H3,(H,32,33)/t24-,25+/m1/s1. The van der Waals surface area contributed by atoms with Crippen molar-refractivity contribution >= 4 is 52.7 Å². The van der Waals surface area contributed by atoms with Gasteiger partial charge in [-0.15, -0.1) is 23.5 Å². The molecule has 1 N–H and O–H groups in total. The van der Waals surface area contributed by atoms with E-state index in [1.54, 1.807) is 47.0 Å². The van der Waals surface area contributed by atoms with Crippen molar-refractivity contribution in [2.45, 2.75) is 47.9 Å². The highest BCUT2D eigenvalue weighted by atomic mass is 35.5. The second-order valence-corrected chi connectivity index (χ2v) is 12.5. The summed E-state index contributed by atoms with van der Waals surface area (Å²) >= 11 is 10.3. The minimum atomic E-state index is -0.961. The van der Waals surface area contributed by atoms with Gasteiger partial charge in [0.25, 0.3) is 5.91 Å². The largest absolute Gasteiger partial charge is 0.481 e. The molecule has 0 saturated carbocycles. The number of halogens is 1. The molecule has 0 aliphatic carbocycles. The first-order chi connectivity index (χ1) is 16.7. The number of anilines is 1. The van der Waals surface area contributed by atoms with Crippen LogP contribution in [0.2, 0.25) is 5.02 Å². The molecule has 2 atom stereocenters. The summed E-state index contributed by atoms with van der Waals surface area (Å²) in [5.74, 6) is -0.0398. The van der Waals surface area contributed by atoms with E-state index in [-0.39, 0.29) is 11.3 Å². The maximum absolute atomic E-state index is 13.9. The Morgan fingerprint density at radius 3 is 2.40 bits per heavy atom. The Morgan fingerprint density at radius 2 is 1.71 bits per heavy atom. The summed E-state index contributed by atoms with van der Waals surface area (Å²) in [6.45, 7) is 6.26. The fourth-order valence-corrected chi connectivity index (χ4v) is 7.65. The van der Waals surface area contributed by atoms with Crippen molar-refractivity contribution in [1.82, 2.24) is 0 Å². The molecular formula is C28H26ClNO3S2. The van der Waals surface area contributed by atoms with E-state index in [9.17, 15) is 14.7 Å². The van der Waals surface area contributed by atoms with Crippen molar-refractivity contribution < 1.29 is 14.7 Å². The molecule has 3 aromatic rings. The smallest absolute Gasteiger partial charge is 0.313 e. The monoisotopic (exact) mass is 523 g/mol. The van der Waals surface area contributed by atoms with E-state index in [0.717, 1.165) is 27.5 Å². The Kier molecular flexibility index (Phi) is 6.41. The van der Waals surface area contributed by atoms with Crippen molar-refractivity contribution in [3.05, 3.63) is 87.9 Å². The SMILES string of the molecule is CC(C)(C)c1ccc(N2C(=O)c3ccccc3[C@@H](C(=O)O)[C@@H]2c2ccc3c(c2)SCCS3)cc1Cl. The lowest BCUT2D eigenvalue weighted by molar-refractivity contribution is -0.139. The van der Waals surface area contributed by atoms with Crippen LogP contribution in [0.4, 0.5) is 5.69 Å². The second kappa shape index (κ2) is 9.23. The van der Waals surface area contributed by atoms with Crippen LogP contribution in [0.25, 0.3) is 0 Å². The third-order valence-electron chi connectivity index (χ3n) is 6.55. The van der Waals surface area contributed by atoms with Gasteiger partial charge in [0.05, 0.1) is 6.04 Å². The van der Waals surface area contributed by atoms with Crippen LogP contribution in [0, 0.1) is 0 Å². The first-order valence-corrected chi connectivity index (χ1v) is 13.9. The lowest BCUT2D eigenvalue weighted by atomic mass is 9.79. The fourth-order valence-electron chi connectivity index (χ4n) is 4.93. The van der Waals surface area contributed by atoms with Crippen molar-refractivity contribution in [3.63, 3.8) is 0 Å². The highest BCUT2D eigenvalue weighted by molar-refractivity contribution is 8.05. The van der Waals surface area contributed by atoms with E-state index in [4.69, 9.17) is 11.6 Å². The van der Waals surface area contributed by atoms with Gasteiger partial charge >= 0.3 is 5.97 Å². The van der Waals surface area contributed by atoms with Crippen LogP contribution in [-0.4, -0.2) is 28.5 Å². The molecular weight excluding hydrogens is 498 g/mol. The number of hydrogen-bond acceptors (Lipinski definition) is 4. The van der Waals surface area contributed by atoms with Crippen LogP contribution in [0.1, 0.15) is 59.8 Å². The van der Waals surface area contributed by atoms with Crippen LogP contribution in [0.15, 0.2) is 70.5 Å². The zero-order chi connectivity index (χ0) is 24.9. The zero-order valence-electron chi connectivity index (χ0n) is 19.7. The van der Waals surface area contributed by atoms with Crippen LogP contribution >= 0.6 is 35.1 Å². The topological polar surface area (TPSA) is 57.6 Å². The number of fused-ring (bicyclic) bond motifs is 2. The van der Waals surface area contributed by atoms with Gasteiger partial charge in [0.15, 0.2) is 0 Å². The average molecular weight is 524 g/mol. The van der Waals surface area contributed by atoms with Crippen molar-refractivity contribution in [2.24, 2.45) is 0 Å². The van der Waals surface area contributed by atoms with E-state index in [1.165, 1.54) is 4.90 Å². The van der Waals surface area contributed by atoms with E-state index in [1.807, 2.05) is 30.0 Å². The van der Waals surface area contributed by atoms with E-state index >= 15 is 0 Å². The quantitative estimate of drug-likeness (QED) is 0.387. The molecule has 0 spiro atoms. The lowest BCUT2D eigenvalue weighted by Gasteiger charge is -2.41. The van der Waals surface area contributed by atoms with Gasteiger partial charge in [-0.05, 0) is 52.4 Å². The third kappa shape index (κ3) is 4.37. The Bertz CT molecular complexity index is 1330. The second-order valence-electron chi connectivity index (χ2n) is 9.84. The molecule has 180 valence electrons. The van der Waals surface area contributed by atoms with Gasteiger partial charge < -0.3 is 5.11 Å². The first kappa shape index (κ1) is 24.3. The molecule has 2 aliphatic heterocycles. The number of carbonyl (C=O) groups is 2. The third-order valence-corrected chi connectivity index (χ3v) is 9.38. The summed E-state index contributed by atoms with van der Waals surface area (Å²) in [6.07, 6.45) is 0. The Labute approximate surface area is 219 Å². The van der Waals surface area contributed by atoms with Gasteiger partial charge in [0, 0.05) is 37.6 Å². The predicted molar refractivity (Wildman–Crippen MR) is 144 cm³/mol. The minimum absolute atomic E-state index is 0.162. The number of carboxylic acids is 1. The predicted octanol–water partition coefficient (Wildman–Crippen LogP) is 7.41. The maximum atomic E-state index is 13.9. The maximum Gasteiger partial charge on any atom is 0.313 e. The number of rotatable bonds is 3. The van der Waals surface area contributed by atoms with Crippen LogP contribution < -0.4 is 4.90 Å². The van der Waals surface area contributed by atoms with E-state index < -0.39 is 17.9 Å². The molecule has 2 heterocycles. The number of amides is 1. The number of carbonyl (C=O) groups excluding carboxylic acids is 1. The van der Waals surface area contributed by atoms with Crippen molar-refractivity contribution in [2.75, 3.05) is 16.4 Å². The lowest BCUT2D eigenvalue weighted by Crippen LogP contribution is -2.45. The van der Waals surface area contributed by atoms with Gasteiger partial charge in [-0.2, -0.15) is 0 Å². The van der Waals surface area contributed by atoms with Gasteiger partial charge in [-0.3, -0.25) is 14.5 Å². The molecule has 0 aromatic heterocycles. The van der Waals surface area contributed by atoms with Gasteiger partial charge in [0.2, 0.25) is 0 Å². The average Bonchev–Trinajstić information content (AvgIpc) is 2.82. The van der Waals surface area contributed by atoms with Crippen molar-refractivity contribution in [3.8, 4) is 0 Å². The number of nitrogens with zero attached hydrogens (tertiary/aromatic N) is 1. The Morgan fingerprint density at radius 1 is 1.00 bits per heavy atom. The van der Waals surface area contributed by atoms with Crippen molar-refractivity contribution in [1.29, 1.82) is 0 Å². The highest BCUT2D eigenvalue weighted by Gasteiger charge is 2.45. The molecule has 0 radical (unpaired) electrons. The number of hydrogen-bond donors (Lipinski definition) is 1. The number of aliphatic carboxylic acids is 1. The summed E-state index contributed by atoms with van der Waals surface area (Å²) < 4.78 is 0.